The second-order valence-electron chi connectivity index (χ2n) is 11.0. The molecule has 8 nitrogen and oxygen atoms in total. The Bertz CT molecular complexity index is 1300. The lowest BCUT2D eigenvalue weighted by Crippen LogP contribution is -2.38. The van der Waals surface area contributed by atoms with E-state index in [0.717, 1.165) is 63.6 Å². The average molecular weight is 539 g/mol. The normalized spacial score (nSPS) is 22.4. The van der Waals surface area contributed by atoms with Crippen molar-refractivity contribution >= 4 is 22.9 Å². The molecule has 2 aromatic heterocycles. The number of amides is 1. The number of alkyl halides is 2. The van der Waals surface area contributed by atoms with Gasteiger partial charge in [0.1, 0.15) is 5.82 Å². The van der Waals surface area contributed by atoms with Crippen LogP contribution in [0.15, 0.2) is 30.3 Å². The monoisotopic (exact) mass is 538 g/mol. The first-order valence-corrected chi connectivity index (χ1v) is 14.3. The summed E-state index contributed by atoms with van der Waals surface area (Å²) in [4.78, 5) is 30.2. The number of halogens is 2. The van der Waals surface area contributed by atoms with Gasteiger partial charge in [0, 0.05) is 43.9 Å². The van der Waals surface area contributed by atoms with Crippen molar-refractivity contribution in [1.29, 1.82) is 0 Å². The molecule has 0 bridgehead atoms. The van der Waals surface area contributed by atoms with Crippen LogP contribution < -0.4 is 4.90 Å². The molecule has 1 amide bonds. The molecule has 0 unspecified atom stereocenters. The van der Waals surface area contributed by atoms with Crippen molar-refractivity contribution < 1.29 is 18.3 Å². The number of benzene rings is 1. The molecule has 4 heterocycles. The molecule has 39 heavy (non-hydrogen) atoms. The lowest BCUT2D eigenvalue weighted by atomic mass is 9.82. The third-order valence-corrected chi connectivity index (χ3v) is 8.47. The van der Waals surface area contributed by atoms with E-state index in [9.17, 15) is 13.6 Å². The lowest BCUT2D eigenvalue weighted by molar-refractivity contribution is -0.130. The molecule has 10 heteroatoms. The minimum Gasteiger partial charge on any atom is -0.378 e. The third-order valence-electron chi connectivity index (χ3n) is 8.47. The molecule has 2 aliphatic heterocycles. The van der Waals surface area contributed by atoms with Gasteiger partial charge in [-0.15, -0.1) is 0 Å². The summed E-state index contributed by atoms with van der Waals surface area (Å²) in [5, 5.41) is 0. The Morgan fingerprint density at radius 2 is 1.79 bits per heavy atom. The molecule has 3 aromatic rings. The number of likely N-dealkylation sites (tertiary alicyclic amines) is 1. The van der Waals surface area contributed by atoms with Crippen molar-refractivity contribution in [3.8, 4) is 5.82 Å². The minimum absolute atomic E-state index is 0.304. The number of carbonyl (C=O) groups is 1. The van der Waals surface area contributed by atoms with Gasteiger partial charge in [0.25, 0.3) is 6.43 Å². The molecule has 6 rings (SSSR count). The zero-order valence-corrected chi connectivity index (χ0v) is 22.3. The molecule has 1 aliphatic carbocycles. The van der Waals surface area contributed by atoms with Crippen molar-refractivity contribution in [3.05, 3.63) is 41.9 Å². The van der Waals surface area contributed by atoms with E-state index in [-0.39, 0.29) is 5.82 Å². The molecule has 208 valence electrons. The van der Waals surface area contributed by atoms with E-state index < -0.39 is 6.43 Å². The smallest absolute Gasteiger partial charge is 0.296 e. The quantitative estimate of drug-likeness (QED) is 0.398. The zero-order chi connectivity index (χ0) is 26.8. The maximum atomic E-state index is 14.1. The standard InChI is InChI=1S/C29H36F2N6O2/c30-27(31)28-33-23-7-1-2-8-24(23)37(28)25-19-21(32-29(34-25)35-15-17-39-18-16-35)6-3-5-20-10-12-22(13-11-20)36-14-4-9-26(36)38/h1-2,7-8,19-20,22,27H,3-6,9-18H2. The van der Waals surface area contributed by atoms with Gasteiger partial charge in [-0.25, -0.2) is 18.7 Å². The molecule has 0 N–H and O–H groups in total. The Balaban J connectivity index is 1.19. The first-order chi connectivity index (χ1) is 19.1. The highest BCUT2D eigenvalue weighted by Crippen LogP contribution is 2.33. The van der Waals surface area contributed by atoms with Crippen LogP contribution in [-0.2, 0) is 16.0 Å². The first kappa shape index (κ1) is 26.1. The van der Waals surface area contributed by atoms with E-state index in [1.165, 1.54) is 4.57 Å². The van der Waals surface area contributed by atoms with Gasteiger partial charge in [-0.1, -0.05) is 18.6 Å². The van der Waals surface area contributed by atoms with Gasteiger partial charge in [-0.3, -0.25) is 9.36 Å². The Morgan fingerprint density at radius 1 is 1.00 bits per heavy atom. The van der Waals surface area contributed by atoms with Gasteiger partial charge in [0.15, 0.2) is 5.82 Å². The number of rotatable bonds is 8. The van der Waals surface area contributed by atoms with E-state index in [1.54, 1.807) is 18.2 Å². The average Bonchev–Trinajstić information content (AvgIpc) is 3.58. The van der Waals surface area contributed by atoms with E-state index in [0.29, 0.717) is 73.4 Å². The number of carbonyl (C=O) groups excluding carboxylic acids is 1. The fourth-order valence-electron chi connectivity index (χ4n) is 6.42. The summed E-state index contributed by atoms with van der Waals surface area (Å²) >= 11 is 0. The number of hydrogen-bond donors (Lipinski definition) is 0. The number of aromatic nitrogens is 4. The predicted octanol–water partition coefficient (Wildman–Crippen LogP) is 5.09. The van der Waals surface area contributed by atoms with Crippen LogP contribution in [-0.4, -0.2) is 69.2 Å². The molecule has 1 aromatic carbocycles. The van der Waals surface area contributed by atoms with Gasteiger partial charge in [0.2, 0.25) is 11.9 Å². The largest absolute Gasteiger partial charge is 0.378 e. The van der Waals surface area contributed by atoms with E-state index in [2.05, 4.69) is 14.8 Å². The highest BCUT2D eigenvalue weighted by Gasteiger charge is 2.31. The number of anilines is 1. The Hall–Kier alpha value is -3.14. The molecule has 1 saturated carbocycles. The van der Waals surface area contributed by atoms with Gasteiger partial charge >= 0.3 is 0 Å². The van der Waals surface area contributed by atoms with Crippen LogP contribution in [0.25, 0.3) is 16.9 Å². The zero-order valence-electron chi connectivity index (χ0n) is 22.3. The second-order valence-corrected chi connectivity index (χ2v) is 11.0. The Morgan fingerprint density at radius 3 is 2.54 bits per heavy atom. The first-order valence-electron chi connectivity index (χ1n) is 14.3. The number of ether oxygens (including phenoxy) is 1. The lowest BCUT2D eigenvalue weighted by Gasteiger charge is -2.34. The maximum Gasteiger partial charge on any atom is 0.296 e. The summed E-state index contributed by atoms with van der Waals surface area (Å²) in [6.07, 6.45) is 6.32. The van der Waals surface area contributed by atoms with Crippen LogP contribution in [0, 0.1) is 5.92 Å². The summed E-state index contributed by atoms with van der Waals surface area (Å²) in [6, 6.07) is 9.45. The molecule has 3 fully saturated rings. The van der Waals surface area contributed by atoms with Gasteiger partial charge in [0.05, 0.1) is 24.2 Å². The summed E-state index contributed by atoms with van der Waals surface area (Å²) in [5.41, 5.74) is 1.99. The van der Waals surface area contributed by atoms with E-state index in [4.69, 9.17) is 14.7 Å². The van der Waals surface area contributed by atoms with Crippen molar-refractivity contribution in [1.82, 2.24) is 24.4 Å². The van der Waals surface area contributed by atoms with Gasteiger partial charge in [-0.2, -0.15) is 4.98 Å². The Labute approximate surface area is 227 Å². The molecule has 2 saturated heterocycles. The molecular weight excluding hydrogens is 502 g/mol. The SMILES string of the molecule is O=C1CCCN1C1CCC(CCCc2cc(-n3c(C(F)F)nc4ccccc43)nc(N3CCOCC3)n2)CC1. The molecule has 0 atom stereocenters. The number of para-hydroxylation sites is 2. The second kappa shape index (κ2) is 11.5. The summed E-state index contributed by atoms with van der Waals surface area (Å²) in [7, 11) is 0. The number of fused-ring (bicyclic) bond motifs is 1. The van der Waals surface area contributed by atoms with Crippen LogP contribution in [0.2, 0.25) is 0 Å². The van der Waals surface area contributed by atoms with E-state index in [1.807, 2.05) is 12.1 Å². The maximum absolute atomic E-state index is 14.1. The fraction of sp³-hybridized carbons (Fsp3) is 0.586. The van der Waals surface area contributed by atoms with Crippen LogP contribution in [0.5, 0.6) is 0 Å². The fourth-order valence-corrected chi connectivity index (χ4v) is 6.42. The molecule has 0 radical (unpaired) electrons. The van der Waals surface area contributed by atoms with E-state index >= 15 is 0 Å². The minimum atomic E-state index is -2.73. The summed E-state index contributed by atoms with van der Waals surface area (Å²) in [5.74, 6) is 1.67. The van der Waals surface area contributed by atoms with Gasteiger partial charge in [-0.05, 0) is 63.0 Å². The molecule has 3 aliphatic rings. The van der Waals surface area contributed by atoms with Crippen molar-refractivity contribution in [2.24, 2.45) is 5.92 Å². The highest BCUT2D eigenvalue weighted by atomic mass is 19.3. The molecule has 0 spiro atoms. The van der Waals surface area contributed by atoms with Crippen LogP contribution in [0.4, 0.5) is 14.7 Å². The Kier molecular flexibility index (Phi) is 7.72. The van der Waals surface area contributed by atoms with Crippen LogP contribution >= 0.6 is 0 Å². The number of aryl methyl sites for hydroxylation is 1. The van der Waals surface area contributed by atoms with Crippen molar-refractivity contribution in [2.45, 2.75) is 70.3 Å². The number of nitrogens with zero attached hydrogens (tertiary/aromatic N) is 6. The number of morpholine rings is 1. The predicted molar refractivity (Wildman–Crippen MR) is 144 cm³/mol. The number of hydrogen-bond acceptors (Lipinski definition) is 6. The summed E-state index contributed by atoms with van der Waals surface area (Å²) in [6.45, 7) is 3.43. The number of imidazole rings is 1. The highest BCUT2D eigenvalue weighted by molar-refractivity contribution is 5.78. The van der Waals surface area contributed by atoms with Crippen LogP contribution in [0.3, 0.4) is 0 Å². The van der Waals surface area contributed by atoms with Crippen LogP contribution in [0.1, 0.15) is 69.3 Å². The van der Waals surface area contributed by atoms with Gasteiger partial charge < -0.3 is 14.5 Å². The summed E-state index contributed by atoms with van der Waals surface area (Å²) < 4.78 is 35.2. The third kappa shape index (κ3) is 5.62. The van der Waals surface area contributed by atoms with Crippen molar-refractivity contribution in [3.63, 3.8) is 0 Å². The topological polar surface area (TPSA) is 76.4 Å². The molecular formula is C29H36F2N6O2. The van der Waals surface area contributed by atoms with Crippen molar-refractivity contribution in [2.75, 3.05) is 37.7 Å².